The van der Waals surface area contributed by atoms with Crippen LogP contribution >= 0.6 is 0 Å². The Hall–Kier alpha value is -0.790. The van der Waals surface area contributed by atoms with Gasteiger partial charge in [0.1, 0.15) is 0 Å². The van der Waals surface area contributed by atoms with Gasteiger partial charge in [0.25, 0.3) is 35.8 Å². The van der Waals surface area contributed by atoms with Crippen LogP contribution in [-0.4, -0.2) is 66.5 Å². The van der Waals surface area contributed by atoms with Crippen molar-refractivity contribution in [2.75, 3.05) is 0 Å². The Labute approximate surface area is 206 Å². The smallest absolute Gasteiger partial charge is 0.300 e. The number of carboxylic acids is 6. The van der Waals surface area contributed by atoms with E-state index in [-0.39, 0.29) is 71.2 Å². The molecule has 0 saturated heterocycles. The number of rotatable bonds is 0. The van der Waals surface area contributed by atoms with Crippen LogP contribution in [0.25, 0.3) is 0 Å². The Balaban J connectivity index is -0.0000000245. The molecule has 14 heteroatoms. The molecule has 150 valence electrons. The number of hydrogen-bond donors (Lipinski definition) is 6. The predicted octanol–water partition coefficient (Wildman–Crippen LogP) is 0.545. The minimum Gasteiger partial charge on any atom is -0.481 e. The Morgan fingerprint density at radius 1 is 0.346 bits per heavy atom. The molecule has 0 unspecified atom stereocenters. The van der Waals surface area contributed by atoms with Crippen molar-refractivity contribution < 1.29 is 131 Å². The van der Waals surface area contributed by atoms with Gasteiger partial charge in [-0.05, 0) is 0 Å². The molecule has 0 aliphatic carbocycles. The number of hydrogen-bond acceptors (Lipinski definition) is 6. The first kappa shape index (κ1) is 49.9. The molecule has 0 aliphatic heterocycles. The van der Waals surface area contributed by atoms with Gasteiger partial charge in [-0.3, -0.25) is 28.8 Å². The van der Waals surface area contributed by atoms with E-state index in [9.17, 15) is 0 Å². The Morgan fingerprint density at radius 3 is 0.346 bits per heavy atom. The van der Waals surface area contributed by atoms with Crippen LogP contribution in [0.4, 0.5) is 0 Å². The largest absolute Gasteiger partial charge is 0.481 e. The van der Waals surface area contributed by atoms with Crippen LogP contribution in [0, 0.1) is 71.2 Å². The molecule has 0 fully saturated rings. The zero-order chi connectivity index (χ0) is 21.5. The summed E-state index contributed by atoms with van der Waals surface area (Å²) in [7, 11) is 0. The number of aliphatic carboxylic acids is 6. The maximum Gasteiger partial charge on any atom is 0.300 e. The van der Waals surface area contributed by atoms with Crippen LogP contribution in [0.2, 0.25) is 0 Å². The minimum absolute atomic E-state index is 0. The molecule has 12 nitrogen and oxygen atoms in total. The fourth-order valence-corrected chi connectivity index (χ4v) is 0. The molecule has 0 spiro atoms. The first-order chi connectivity index (χ1) is 10.4. The molecule has 0 amide bonds. The molecular formula is C12H24La2O12. The van der Waals surface area contributed by atoms with E-state index < -0.39 is 35.8 Å². The van der Waals surface area contributed by atoms with E-state index in [0.717, 1.165) is 41.5 Å². The van der Waals surface area contributed by atoms with E-state index >= 15 is 0 Å². The zero-order valence-electron chi connectivity index (χ0n) is 15.3. The Kier molecular flexibility index (Phi) is 84.5. The van der Waals surface area contributed by atoms with Crippen LogP contribution in [0.15, 0.2) is 0 Å². The average molecular weight is 638 g/mol. The molecule has 0 atom stereocenters. The summed E-state index contributed by atoms with van der Waals surface area (Å²) < 4.78 is 0. The van der Waals surface area contributed by atoms with E-state index in [1.807, 2.05) is 0 Å². The fourth-order valence-electron chi connectivity index (χ4n) is 0. The second-order valence-corrected chi connectivity index (χ2v) is 3.11. The molecule has 0 aromatic carbocycles. The molecule has 0 saturated carbocycles. The van der Waals surface area contributed by atoms with Gasteiger partial charge < -0.3 is 30.6 Å². The third kappa shape index (κ3) is 18300. The fraction of sp³-hybridized carbons (Fsp3) is 0.500. The van der Waals surface area contributed by atoms with Crippen molar-refractivity contribution in [3.8, 4) is 0 Å². The molecular weight excluding hydrogens is 614 g/mol. The quantitative estimate of drug-likeness (QED) is 0.214. The second kappa shape index (κ2) is 44.0. The molecule has 0 aromatic heterocycles. The molecule has 0 heterocycles. The van der Waals surface area contributed by atoms with Gasteiger partial charge in [-0.15, -0.1) is 0 Å². The maximum atomic E-state index is 9.00. The van der Waals surface area contributed by atoms with Crippen molar-refractivity contribution in [3.63, 3.8) is 0 Å². The van der Waals surface area contributed by atoms with E-state index in [1.165, 1.54) is 0 Å². The SMILES string of the molecule is CC(=O)O.CC(=O)O.CC(=O)O.CC(=O)O.CC(=O)O.CC(=O)O.[La].[La]. The molecule has 0 bridgehead atoms. The van der Waals surface area contributed by atoms with Crippen molar-refractivity contribution in [3.05, 3.63) is 0 Å². The summed E-state index contributed by atoms with van der Waals surface area (Å²) in [6.07, 6.45) is 0. The van der Waals surface area contributed by atoms with Crippen molar-refractivity contribution in [2.24, 2.45) is 0 Å². The molecule has 26 heavy (non-hydrogen) atoms. The van der Waals surface area contributed by atoms with Gasteiger partial charge in [0.15, 0.2) is 0 Å². The van der Waals surface area contributed by atoms with E-state index in [2.05, 4.69) is 0 Å². The molecule has 0 aliphatic rings. The van der Waals surface area contributed by atoms with Crippen LogP contribution in [0.1, 0.15) is 41.5 Å². The van der Waals surface area contributed by atoms with E-state index in [0.29, 0.717) is 0 Å². The minimum atomic E-state index is -0.833. The summed E-state index contributed by atoms with van der Waals surface area (Å²) in [5.41, 5.74) is 0. The molecule has 2 radical (unpaired) electrons. The van der Waals surface area contributed by atoms with E-state index in [4.69, 9.17) is 59.4 Å². The Bertz CT molecular complexity index is 265. The van der Waals surface area contributed by atoms with Crippen LogP contribution in [0.5, 0.6) is 0 Å². The van der Waals surface area contributed by atoms with Crippen molar-refractivity contribution in [1.29, 1.82) is 0 Å². The summed E-state index contributed by atoms with van der Waals surface area (Å²) in [4.78, 5) is 54.0. The van der Waals surface area contributed by atoms with Gasteiger partial charge in [0, 0.05) is 113 Å². The van der Waals surface area contributed by atoms with Gasteiger partial charge in [0.2, 0.25) is 0 Å². The number of carbonyl (C=O) groups is 6. The molecule has 0 aromatic rings. The normalized spacial score (nSPS) is 5.77. The van der Waals surface area contributed by atoms with Crippen molar-refractivity contribution >= 4 is 35.8 Å². The van der Waals surface area contributed by atoms with Gasteiger partial charge >= 0.3 is 0 Å². The molecule has 0 rings (SSSR count). The standard InChI is InChI=1S/6C2H4O2.2La/c6*1-2(3)4;;/h6*1H3,(H,3,4);;. The first-order valence-corrected chi connectivity index (χ1v) is 5.57. The van der Waals surface area contributed by atoms with Gasteiger partial charge in [-0.1, -0.05) is 0 Å². The molecule has 6 N–H and O–H groups in total. The summed E-state index contributed by atoms with van der Waals surface area (Å²) in [5, 5.41) is 44.5. The summed E-state index contributed by atoms with van der Waals surface area (Å²) in [5.74, 6) is -5.00. The van der Waals surface area contributed by atoms with E-state index in [1.54, 1.807) is 0 Å². The topological polar surface area (TPSA) is 224 Å². The van der Waals surface area contributed by atoms with Gasteiger partial charge in [-0.25, -0.2) is 0 Å². The van der Waals surface area contributed by atoms with Gasteiger partial charge in [0.05, 0.1) is 0 Å². The third-order valence-electron chi connectivity index (χ3n) is 0. The average Bonchev–Trinajstić information content (AvgIpc) is 2.08. The zero-order valence-corrected chi connectivity index (χ0v) is 22.5. The van der Waals surface area contributed by atoms with Crippen molar-refractivity contribution in [1.82, 2.24) is 0 Å². The number of carboxylic acid groups (broad SMARTS) is 6. The van der Waals surface area contributed by atoms with Gasteiger partial charge in [-0.2, -0.15) is 0 Å². The summed E-state index contributed by atoms with van der Waals surface area (Å²) >= 11 is 0. The van der Waals surface area contributed by atoms with Crippen LogP contribution < -0.4 is 0 Å². The predicted molar refractivity (Wildman–Crippen MR) is 79.9 cm³/mol. The Morgan fingerprint density at radius 2 is 0.346 bits per heavy atom. The van der Waals surface area contributed by atoms with Crippen molar-refractivity contribution in [2.45, 2.75) is 41.5 Å². The second-order valence-electron chi connectivity index (χ2n) is 3.11. The van der Waals surface area contributed by atoms with Crippen LogP contribution in [-0.2, 0) is 28.8 Å². The third-order valence-corrected chi connectivity index (χ3v) is 0. The first-order valence-electron chi connectivity index (χ1n) is 5.57. The maximum absolute atomic E-state index is 9.00. The monoisotopic (exact) mass is 638 g/mol. The summed E-state index contributed by atoms with van der Waals surface area (Å²) in [6, 6.07) is 0. The summed E-state index contributed by atoms with van der Waals surface area (Å²) in [6.45, 7) is 6.50. The van der Waals surface area contributed by atoms with Crippen LogP contribution in [0.3, 0.4) is 0 Å².